The van der Waals surface area contributed by atoms with Gasteiger partial charge in [0.05, 0.1) is 18.2 Å². The van der Waals surface area contributed by atoms with E-state index in [1.807, 2.05) is 51.5 Å². The molecule has 7 heteroatoms. The molecule has 1 saturated heterocycles. The third kappa shape index (κ3) is 3.62. The van der Waals surface area contributed by atoms with Gasteiger partial charge in [-0.3, -0.25) is 9.48 Å². The fraction of sp³-hybridized carbons (Fsp3) is 0.316. The van der Waals surface area contributed by atoms with Crippen LogP contribution in [0.2, 0.25) is 0 Å². The van der Waals surface area contributed by atoms with Crippen molar-refractivity contribution < 1.29 is 4.79 Å². The summed E-state index contributed by atoms with van der Waals surface area (Å²) in [6.07, 6.45) is 6.05. The van der Waals surface area contributed by atoms with E-state index < -0.39 is 0 Å². The largest absolute Gasteiger partial charge is 0.399 e. The summed E-state index contributed by atoms with van der Waals surface area (Å²) >= 11 is 1.56. The second-order valence-electron chi connectivity index (χ2n) is 6.54. The molecule has 0 spiro atoms. The average Bonchev–Trinajstić information content (AvgIpc) is 3.35. The third-order valence-electron chi connectivity index (χ3n) is 4.76. The van der Waals surface area contributed by atoms with Gasteiger partial charge >= 0.3 is 0 Å². The summed E-state index contributed by atoms with van der Waals surface area (Å²) in [5, 5.41) is 7.21. The Morgan fingerprint density at radius 3 is 2.69 bits per heavy atom. The molecule has 4 rings (SSSR count). The molecule has 0 aliphatic carbocycles. The number of anilines is 1. The third-order valence-corrected chi connectivity index (χ3v) is 5.70. The van der Waals surface area contributed by atoms with Gasteiger partial charge in [0, 0.05) is 42.1 Å². The second-order valence-corrected chi connectivity index (χ2v) is 7.40. The smallest absolute Gasteiger partial charge is 0.228 e. The normalized spacial score (nSPS) is 15.3. The number of benzene rings is 1. The van der Waals surface area contributed by atoms with E-state index in [4.69, 9.17) is 5.73 Å². The summed E-state index contributed by atoms with van der Waals surface area (Å²) < 4.78 is 2.00. The fourth-order valence-electron chi connectivity index (χ4n) is 3.29. The molecular formula is C19H21N5OS. The topological polar surface area (TPSA) is 77.0 Å². The van der Waals surface area contributed by atoms with Crippen LogP contribution in [0, 0.1) is 0 Å². The number of nitrogen functional groups attached to an aromatic ring is 1. The summed E-state index contributed by atoms with van der Waals surface area (Å²) in [5.41, 5.74) is 8.33. The molecule has 0 saturated carbocycles. The van der Waals surface area contributed by atoms with E-state index in [9.17, 15) is 4.79 Å². The Morgan fingerprint density at radius 1 is 1.23 bits per heavy atom. The number of hydrogen-bond acceptors (Lipinski definition) is 5. The molecule has 0 unspecified atom stereocenters. The van der Waals surface area contributed by atoms with Crippen molar-refractivity contribution >= 4 is 22.9 Å². The van der Waals surface area contributed by atoms with Crippen molar-refractivity contribution in [1.82, 2.24) is 19.7 Å². The molecule has 0 atom stereocenters. The number of carbonyl (C=O) groups is 1. The molecule has 1 aromatic carbocycles. The lowest BCUT2D eigenvalue weighted by atomic mass is 10.0. The molecular weight excluding hydrogens is 346 g/mol. The van der Waals surface area contributed by atoms with Crippen molar-refractivity contribution in [3.8, 4) is 10.6 Å². The van der Waals surface area contributed by atoms with Crippen LogP contribution in [0.15, 0.2) is 48.1 Å². The lowest BCUT2D eigenvalue weighted by Crippen LogP contribution is -2.40. The zero-order valence-corrected chi connectivity index (χ0v) is 15.2. The van der Waals surface area contributed by atoms with E-state index >= 15 is 0 Å². The summed E-state index contributed by atoms with van der Waals surface area (Å²) in [7, 11) is 0. The maximum absolute atomic E-state index is 12.6. The summed E-state index contributed by atoms with van der Waals surface area (Å²) in [6.45, 7) is 1.55. The summed E-state index contributed by atoms with van der Waals surface area (Å²) in [4.78, 5) is 19.2. The van der Waals surface area contributed by atoms with Crippen molar-refractivity contribution in [2.45, 2.75) is 25.3 Å². The second kappa shape index (κ2) is 7.29. The molecule has 3 heterocycles. The number of amides is 1. The van der Waals surface area contributed by atoms with Crippen LogP contribution in [0.4, 0.5) is 5.69 Å². The zero-order chi connectivity index (χ0) is 17.9. The van der Waals surface area contributed by atoms with Crippen LogP contribution >= 0.6 is 11.3 Å². The van der Waals surface area contributed by atoms with Gasteiger partial charge in [0.1, 0.15) is 5.01 Å². The SMILES string of the molecule is Nc1ccc(-c2nc(CC(=O)N3CCC(n4cccn4)CC3)cs2)cc1. The number of nitrogens with zero attached hydrogens (tertiary/aromatic N) is 4. The molecule has 2 N–H and O–H groups in total. The van der Waals surface area contributed by atoms with Gasteiger partial charge < -0.3 is 10.6 Å². The zero-order valence-electron chi connectivity index (χ0n) is 14.4. The van der Waals surface area contributed by atoms with Crippen LogP contribution in [0.3, 0.4) is 0 Å². The minimum absolute atomic E-state index is 0.151. The molecule has 26 heavy (non-hydrogen) atoms. The number of aromatic nitrogens is 3. The average molecular weight is 367 g/mol. The Hall–Kier alpha value is -2.67. The van der Waals surface area contributed by atoms with Gasteiger partial charge in [-0.05, 0) is 43.2 Å². The minimum atomic E-state index is 0.151. The predicted octanol–water partition coefficient (Wildman–Crippen LogP) is 3.00. The first-order chi connectivity index (χ1) is 12.7. The highest BCUT2D eigenvalue weighted by molar-refractivity contribution is 7.13. The molecule has 134 valence electrons. The first-order valence-corrected chi connectivity index (χ1v) is 9.64. The lowest BCUT2D eigenvalue weighted by Gasteiger charge is -2.32. The monoisotopic (exact) mass is 367 g/mol. The molecule has 0 radical (unpaired) electrons. The molecule has 6 nitrogen and oxygen atoms in total. The van der Waals surface area contributed by atoms with Crippen LogP contribution in [0.1, 0.15) is 24.6 Å². The number of carbonyl (C=O) groups excluding carboxylic acids is 1. The van der Waals surface area contributed by atoms with Crippen LogP contribution in [-0.4, -0.2) is 38.7 Å². The Balaban J connectivity index is 1.35. The lowest BCUT2D eigenvalue weighted by molar-refractivity contribution is -0.131. The molecule has 2 aromatic heterocycles. The Morgan fingerprint density at radius 2 is 2.00 bits per heavy atom. The van der Waals surface area contributed by atoms with E-state index in [1.165, 1.54) is 0 Å². The van der Waals surface area contributed by atoms with Gasteiger partial charge in [-0.1, -0.05) is 0 Å². The molecule has 0 bridgehead atoms. The van der Waals surface area contributed by atoms with Crippen LogP contribution in [0.25, 0.3) is 10.6 Å². The van der Waals surface area contributed by atoms with Gasteiger partial charge in [-0.15, -0.1) is 11.3 Å². The summed E-state index contributed by atoms with van der Waals surface area (Å²) in [6, 6.07) is 9.99. The van der Waals surface area contributed by atoms with E-state index in [-0.39, 0.29) is 5.91 Å². The molecule has 3 aromatic rings. The van der Waals surface area contributed by atoms with E-state index in [1.54, 1.807) is 17.5 Å². The van der Waals surface area contributed by atoms with E-state index in [0.717, 1.165) is 47.9 Å². The minimum Gasteiger partial charge on any atom is -0.399 e. The highest BCUT2D eigenvalue weighted by Crippen LogP contribution is 2.26. The number of hydrogen-bond donors (Lipinski definition) is 1. The van der Waals surface area contributed by atoms with E-state index in [0.29, 0.717) is 12.5 Å². The van der Waals surface area contributed by atoms with Crippen molar-refractivity contribution in [3.05, 3.63) is 53.8 Å². The van der Waals surface area contributed by atoms with Gasteiger partial charge in [0.15, 0.2) is 0 Å². The van der Waals surface area contributed by atoms with Gasteiger partial charge in [0.25, 0.3) is 0 Å². The van der Waals surface area contributed by atoms with Crippen molar-refractivity contribution in [2.75, 3.05) is 18.8 Å². The summed E-state index contributed by atoms with van der Waals surface area (Å²) in [5.74, 6) is 0.151. The van der Waals surface area contributed by atoms with Gasteiger partial charge in [0.2, 0.25) is 5.91 Å². The maximum atomic E-state index is 12.6. The van der Waals surface area contributed by atoms with Crippen molar-refractivity contribution in [2.24, 2.45) is 0 Å². The highest BCUT2D eigenvalue weighted by Gasteiger charge is 2.24. The van der Waals surface area contributed by atoms with Crippen LogP contribution < -0.4 is 5.73 Å². The number of thiazole rings is 1. The molecule has 1 aliphatic rings. The maximum Gasteiger partial charge on any atom is 0.228 e. The van der Waals surface area contributed by atoms with E-state index in [2.05, 4.69) is 10.1 Å². The van der Waals surface area contributed by atoms with Gasteiger partial charge in [-0.25, -0.2) is 4.98 Å². The first-order valence-electron chi connectivity index (χ1n) is 8.76. The first kappa shape index (κ1) is 16.8. The highest BCUT2D eigenvalue weighted by atomic mass is 32.1. The Labute approximate surface area is 156 Å². The van der Waals surface area contributed by atoms with Crippen molar-refractivity contribution in [1.29, 1.82) is 0 Å². The number of nitrogens with two attached hydrogens (primary N) is 1. The molecule has 1 fully saturated rings. The van der Waals surface area contributed by atoms with Crippen LogP contribution in [0.5, 0.6) is 0 Å². The molecule has 1 aliphatic heterocycles. The standard InChI is InChI=1S/C19H21N5OS/c20-15-4-2-14(3-5-15)19-22-16(13-26-19)12-18(25)23-10-6-17(7-11-23)24-9-1-8-21-24/h1-5,8-9,13,17H,6-7,10-12,20H2. The van der Waals surface area contributed by atoms with Crippen LogP contribution in [-0.2, 0) is 11.2 Å². The van der Waals surface area contributed by atoms with Crippen molar-refractivity contribution in [3.63, 3.8) is 0 Å². The fourth-order valence-corrected chi connectivity index (χ4v) is 4.12. The number of piperidine rings is 1. The number of likely N-dealkylation sites (tertiary alicyclic amines) is 1. The quantitative estimate of drug-likeness (QED) is 0.719. The predicted molar refractivity (Wildman–Crippen MR) is 103 cm³/mol. The number of rotatable bonds is 4. The van der Waals surface area contributed by atoms with Gasteiger partial charge in [-0.2, -0.15) is 5.10 Å². The Kier molecular flexibility index (Phi) is 4.71. The molecule has 1 amide bonds. The Bertz CT molecular complexity index is 864.